The zero-order chi connectivity index (χ0) is 16.8. The lowest BCUT2D eigenvalue weighted by molar-refractivity contribution is -0.138. The Morgan fingerprint density at radius 2 is 1.96 bits per heavy atom. The first-order valence-corrected chi connectivity index (χ1v) is 7.83. The van der Waals surface area contributed by atoms with Crippen LogP contribution >= 0.6 is 0 Å². The molecule has 1 aliphatic rings. The van der Waals surface area contributed by atoms with E-state index in [0.717, 1.165) is 17.7 Å². The van der Waals surface area contributed by atoms with Gasteiger partial charge in [-0.15, -0.1) is 0 Å². The Balaban J connectivity index is 1.88. The summed E-state index contributed by atoms with van der Waals surface area (Å²) in [6, 6.07) is 7.76. The molecule has 6 heteroatoms. The molecule has 2 amide bonds. The molecule has 0 radical (unpaired) electrons. The summed E-state index contributed by atoms with van der Waals surface area (Å²) in [5, 5.41) is 8.61. The molecule has 1 heterocycles. The standard InChI is InChI=1S/C17H22N2O4/c1-18(11-4-7-17(22)23)15(20)10-12-19-14-6-3-2-5-13(14)8-9-16(19)21/h2-3,5-6H,4,7-12H2,1H3,(H,22,23). The minimum atomic E-state index is -0.860. The van der Waals surface area contributed by atoms with Crippen molar-refractivity contribution in [1.29, 1.82) is 0 Å². The average Bonchev–Trinajstić information content (AvgIpc) is 2.53. The van der Waals surface area contributed by atoms with E-state index >= 15 is 0 Å². The maximum atomic E-state index is 12.1. The van der Waals surface area contributed by atoms with Gasteiger partial charge in [-0.1, -0.05) is 18.2 Å². The van der Waals surface area contributed by atoms with Crippen LogP contribution in [0.15, 0.2) is 24.3 Å². The molecular formula is C17H22N2O4. The number of rotatable bonds is 7. The number of para-hydroxylation sites is 1. The normalized spacial score (nSPS) is 13.6. The number of carboxylic acid groups (broad SMARTS) is 1. The number of nitrogens with zero attached hydrogens (tertiary/aromatic N) is 2. The Bertz CT molecular complexity index is 600. The lowest BCUT2D eigenvalue weighted by atomic mass is 10.0. The second-order valence-electron chi connectivity index (χ2n) is 5.74. The molecule has 1 aromatic carbocycles. The van der Waals surface area contributed by atoms with Crippen molar-refractivity contribution in [3.8, 4) is 0 Å². The van der Waals surface area contributed by atoms with Crippen molar-refractivity contribution in [2.45, 2.75) is 32.1 Å². The fourth-order valence-corrected chi connectivity index (χ4v) is 2.73. The Hall–Kier alpha value is -2.37. The largest absolute Gasteiger partial charge is 0.481 e. The number of benzene rings is 1. The number of amides is 2. The monoisotopic (exact) mass is 318 g/mol. The van der Waals surface area contributed by atoms with Crippen LogP contribution in [0.25, 0.3) is 0 Å². The molecule has 0 fully saturated rings. The summed E-state index contributed by atoms with van der Waals surface area (Å²) >= 11 is 0. The first-order valence-electron chi connectivity index (χ1n) is 7.83. The maximum Gasteiger partial charge on any atom is 0.303 e. The number of aliphatic carboxylic acids is 1. The van der Waals surface area contributed by atoms with Crippen LogP contribution in [0.4, 0.5) is 5.69 Å². The predicted molar refractivity (Wildman–Crippen MR) is 86.2 cm³/mol. The van der Waals surface area contributed by atoms with Crippen molar-refractivity contribution in [3.63, 3.8) is 0 Å². The molecule has 1 aromatic rings. The predicted octanol–water partition coefficient (Wildman–Crippen LogP) is 1.68. The molecule has 0 aliphatic carbocycles. The van der Waals surface area contributed by atoms with Gasteiger partial charge in [-0.25, -0.2) is 0 Å². The smallest absolute Gasteiger partial charge is 0.303 e. The average molecular weight is 318 g/mol. The van der Waals surface area contributed by atoms with Gasteiger partial charge >= 0.3 is 5.97 Å². The zero-order valence-electron chi connectivity index (χ0n) is 13.3. The Kier molecular flexibility index (Phi) is 5.73. The van der Waals surface area contributed by atoms with Crippen molar-refractivity contribution in [3.05, 3.63) is 29.8 Å². The summed E-state index contributed by atoms with van der Waals surface area (Å²) in [7, 11) is 1.66. The van der Waals surface area contributed by atoms with Crippen molar-refractivity contribution in [2.24, 2.45) is 0 Å². The van der Waals surface area contributed by atoms with E-state index in [0.29, 0.717) is 25.9 Å². The van der Waals surface area contributed by atoms with Crippen LogP contribution in [0.1, 0.15) is 31.2 Å². The highest BCUT2D eigenvalue weighted by Gasteiger charge is 2.24. The molecule has 6 nitrogen and oxygen atoms in total. The third-order valence-corrected chi connectivity index (χ3v) is 4.05. The first-order chi connectivity index (χ1) is 11.0. The minimum Gasteiger partial charge on any atom is -0.481 e. The van der Waals surface area contributed by atoms with E-state index in [4.69, 9.17) is 5.11 Å². The summed E-state index contributed by atoms with van der Waals surface area (Å²) in [6.07, 6.45) is 1.94. The van der Waals surface area contributed by atoms with Crippen LogP contribution in [-0.2, 0) is 20.8 Å². The SMILES string of the molecule is CN(CCCC(=O)O)C(=O)CCN1C(=O)CCc2ccccc21. The number of fused-ring (bicyclic) bond motifs is 1. The Morgan fingerprint density at radius 1 is 1.22 bits per heavy atom. The molecule has 23 heavy (non-hydrogen) atoms. The molecule has 0 saturated carbocycles. The van der Waals surface area contributed by atoms with Gasteiger partial charge in [0.05, 0.1) is 0 Å². The van der Waals surface area contributed by atoms with Crippen molar-refractivity contribution in [1.82, 2.24) is 4.90 Å². The highest BCUT2D eigenvalue weighted by atomic mass is 16.4. The quantitative estimate of drug-likeness (QED) is 0.829. The summed E-state index contributed by atoms with van der Waals surface area (Å²) in [5.41, 5.74) is 2.03. The second-order valence-corrected chi connectivity index (χ2v) is 5.74. The third kappa shape index (κ3) is 4.55. The van der Waals surface area contributed by atoms with Gasteiger partial charge in [-0.2, -0.15) is 0 Å². The summed E-state index contributed by atoms with van der Waals surface area (Å²) in [5.74, 6) is -0.891. The third-order valence-electron chi connectivity index (χ3n) is 4.05. The van der Waals surface area contributed by atoms with E-state index in [1.807, 2.05) is 24.3 Å². The number of anilines is 1. The van der Waals surface area contributed by atoms with Crippen molar-refractivity contribution >= 4 is 23.5 Å². The van der Waals surface area contributed by atoms with Crippen LogP contribution in [0.5, 0.6) is 0 Å². The van der Waals surface area contributed by atoms with Gasteiger partial charge in [0.1, 0.15) is 0 Å². The molecule has 2 rings (SSSR count). The highest BCUT2D eigenvalue weighted by Crippen LogP contribution is 2.27. The molecule has 0 spiro atoms. The zero-order valence-corrected chi connectivity index (χ0v) is 13.3. The van der Waals surface area contributed by atoms with Gasteiger partial charge in [0.25, 0.3) is 0 Å². The van der Waals surface area contributed by atoms with Crippen molar-refractivity contribution < 1.29 is 19.5 Å². The number of carbonyl (C=O) groups is 3. The number of carbonyl (C=O) groups excluding carboxylic acids is 2. The minimum absolute atomic E-state index is 0.0463. The van der Waals surface area contributed by atoms with Gasteiger partial charge in [-0.3, -0.25) is 14.4 Å². The molecule has 0 unspecified atom stereocenters. The van der Waals surface area contributed by atoms with Gasteiger partial charge in [0.2, 0.25) is 11.8 Å². The number of hydrogen-bond donors (Lipinski definition) is 1. The summed E-state index contributed by atoms with van der Waals surface area (Å²) in [4.78, 5) is 37.9. The van der Waals surface area contributed by atoms with E-state index in [-0.39, 0.29) is 24.7 Å². The lowest BCUT2D eigenvalue weighted by Gasteiger charge is -2.29. The van der Waals surface area contributed by atoms with Crippen LogP contribution < -0.4 is 4.90 Å². The molecule has 0 aromatic heterocycles. The first kappa shape index (κ1) is 17.0. The number of hydrogen-bond acceptors (Lipinski definition) is 3. The van der Waals surface area contributed by atoms with Crippen LogP contribution in [0, 0.1) is 0 Å². The molecule has 1 N–H and O–H groups in total. The Labute approximate surface area is 135 Å². The Morgan fingerprint density at radius 3 is 2.70 bits per heavy atom. The van der Waals surface area contributed by atoms with E-state index < -0.39 is 5.97 Å². The number of carboxylic acids is 1. The lowest BCUT2D eigenvalue weighted by Crippen LogP contribution is -2.38. The van der Waals surface area contributed by atoms with E-state index in [1.165, 1.54) is 4.90 Å². The fraction of sp³-hybridized carbons (Fsp3) is 0.471. The molecule has 0 saturated heterocycles. The van der Waals surface area contributed by atoms with E-state index in [9.17, 15) is 14.4 Å². The van der Waals surface area contributed by atoms with Crippen LogP contribution in [0.3, 0.4) is 0 Å². The van der Waals surface area contributed by atoms with Gasteiger partial charge in [0.15, 0.2) is 0 Å². The van der Waals surface area contributed by atoms with Gasteiger partial charge in [0, 0.05) is 45.1 Å². The van der Waals surface area contributed by atoms with Gasteiger partial charge in [-0.05, 0) is 24.5 Å². The molecule has 124 valence electrons. The molecule has 1 aliphatic heterocycles. The second kappa shape index (κ2) is 7.76. The van der Waals surface area contributed by atoms with Crippen LogP contribution in [-0.4, -0.2) is 47.9 Å². The number of aryl methyl sites for hydroxylation is 1. The summed E-state index contributed by atoms with van der Waals surface area (Å²) < 4.78 is 0. The van der Waals surface area contributed by atoms with Gasteiger partial charge < -0.3 is 14.9 Å². The summed E-state index contributed by atoms with van der Waals surface area (Å²) in [6.45, 7) is 0.771. The van der Waals surface area contributed by atoms with Crippen LogP contribution in [0.2, 0.25) is 0 Å². The van der Waals surface area contributed by atoms with E-state index in [1.54, 1.807) is 11.9 Å². The molecular weight excluding hydrogens is 296 g/mol. The maximum absolute atomic E-state index is 12.1. The van der Waals surface area contributed by atoms with Crippen molar-refractivity contribution in [2.75, 3.05) is 25.0 Å². The molecule has 0 bridgehead atoms. The fourth-order valence-electron chi connectivity index (χ4n) is 2.73. The molecule has 0 atom stereocenters. The highest BCUT2D eigenvalue weighted by molar-refractivity contribution is 5.96. The topological polar surface area (TPSA) is 77.9 Å². The van der Waals surface area contributed by atoms with E-state index in [2.05, 4.69) is 0 Å².